The van der Waals surface area contributed by atoms with E-state index < -0.39 is 0 Å². The van der Waals surface area contributed by atoms with Crippen LogP contribution >= 0.6 is 12.4 Å². The minimum absolute atomic E-state index is 0. The lowest BCUT2D eigenvalue weighted by molar-refractivity contribution is -0.127. The molecule has 1 aliphatic heterocycles. The number of halogens is 1. The van der Waals surface area contributed by atoms with Crippen molar-refractivity contribution in [3.8, 4) is 5.75 Å². The van der Waals surface area contributed by atoms with Crippen molar-refractivity contribution in [2.75, 3.05) is 20.2 Å². The largest absolute Gasteiger partial charge is 0.496 e. The second kappa shape index (κ2) is 6.61. The van der Waals surface area contributed by atoms with Crippen molar-refractivity contribution in [3.05, 3.63) is 29.8 Å². The van der Waals surface area contributed by atoms with Crippen molar-refractivity contribution >= 4 is 18.3 Å². The van der Waals surface area contributed by atoms with E-state index in [0.29, 0.717) is 0 Å². The van der Waals surface area contributed by atoms with Crippen LogP contribution < -0.4 is 15.4 Å². The van der Waals surface area contributed by atoms with Gasteiger partial charge >= 0.3 is 0 Å². The van der Waals surface area contributed by atoms with Crippen LogP contribution in [0.3, 0.4) is 0 Å². The highest BCUT2D eigenvalue weighted by Crippen LogP contribution is 2.24. The Hall–Kier alpha value is -1.26. The Balaban J connectivity index is 0.00000162. The summed E-state index contributed by atoms with van der Waals surface area (Å²) in [5, 5.41) is 6.11. The molecule has 0 bridgehead atoms. The number of hydrogen-bond donors (Lipinski definition) is 2. The van der Waals surface area contributed by atoms with Crippen LogP contribution in [0.25, 0.3) is 0 Å². The molecule has 1 aliphatic rings. The van der Waals surface area contributed by atoms with Gasteiger partial charge < -0.3 is 15.4 Å². The molecule has 18 heavy (non-hydrogen) atoms. The van der Waals surface area contributed by atoms with Gasteiger partial charge in [-0.05, 0) is 13.0 Å². The summed E-state index contributed by atoms with van der Waals surface area (Å²) in [6.45, 7) is 3.54. The highest BCUT2D eigenvalue weighted by Gasteiger charge is 2.26. The summed E-state index contributed by atoms with van der Waals surface area (Å²) >= 11 is 0. The third kappa shape index (κ3) is 3.15. The molecule has 1 aromatic rings. The van der Waals surface area contributed by atoms with E-state index >= 15 is 0 Å². The molecule has 1 heterocycles. The fourth-order valence-electron chi connectivity index (χ4n) is 1.91. The number of rotatable bonds is 4. The summed E-state index contributed by atoms with van der Waals surface area (Å²) in [6, 6.07) is 7.73. The van der Waals surface area contributed by atoms with Gasteiger partial charge in [-0.2, -0.15) is 0 Å². The van der Waals surface area contributed by atoms with Gasteiger partial charge in [0, 0.05) is 18.7 Å². The second-order valence-corrected chi connectivity index (χ2v) is 4.33. The van der Waals surface area contributed by atoms with Crippen molar-refractivity contribution < 1.29 is 9.53 Å². The first kappa shape index (κ1) is 14.8. The van der Waals surface area contributed by atoms with Gasteiger partial charge in [-0.25, -0.2) is 0 Å². The average molecular weight is 271 g/mol. The summed E-state index contributed by atoms with van der Waals surface area (Å²) in [7, 11) is 1.64. The lowest BCUT2D eigenvalue weighted by Crippen LogP contribution is -2.51. The molecule has 1 fully saturated rings. The van der Waals surface area contributed by atoms with Crippen molar-refractivity contribution in [1.82, 2.24) is 10.6 Å². The zero-order chi connectivity index (χ0) is 12.3. The predicted molar refractivity (Wildman–Crippen MR) is 73.2 cm³/mol. The molecule has 1 amide bonds. The van der Waals surface area contributed by atoms with E-state index in [1.54, 1.807) is 7.11 Å². The smallest absolute Gasteiger partial charge is 0.226 e. The molecule has 0 aliphatic carbocycles. The number of benzene rings is 1. The maximum absolute atomic E-state index is 11.8. The van der Waals surface area contributed by atoms with Crippen molar-refractivity contribution in [1.29, 1.82) is 0 Å². The molecule has 0 aromatic heterocycles. The summed E-state index contributed by atoms with van der Waals surface area (Å²) in [5.41, 5.74) is 1.01. The molecule has 1 saturated heterocycles. The van der Waals surface area contributed by atoms with E-state index in [4.69, 9.17) is 4.74 Å². The van der Waals surface area contributed by atoms with Crippen molar-refractivity contribution in [2.45, 2.75) is 13.0 Å². The van der Waals surface area contributed by atoms with Crippen LogP contribution in [0.4, 0.5) is 0 Å². The third-order valence-corrected chi connectivity index (χ3v) is 3.12. The molecule has 100 valence electrons. The fourth-order valence-corrected chi connectivity index (χ4v) is 1.91. The monoisotopic (exact) mass is 270 g/mol. The minimum atomic E-state index is -0.0285. The Morgan fingerprint density at radius 3 is 2.67 bits per heavy atom. The molecule has 1 atom stereocenters. The highest BCUT2D eigenvalue weighted by molar-refractivity contribution is 5.85. The predicted octanol–water partition coefficient (Wildman–Crippen LogP) is 1.51. The molecule has 1 unspecified atom stereocenters. The Kier molecular flexibility index (Phi) is 5.44. The Morgan fingerprint density at radius 1 is 1.44 bits per heavy atom. The van der Waals surface area contributed by atoms with E-state index in [1.165, 1.54) is 0 Å². The topological polar surface area (TPSA) is 50.4 Å². The summed E-state index contributed by atoms with van der Waals surface area (Å²) in [6.07, 6.45) is 0. The normalized spacial score (nSPS) is 16.1. The van der Waals surface area contributed by atoms with Crippen LogP contribution in [0.15, 0.2) is 24.3 Å². The molecule has 0 saturated carbocycles. The highest BCUT2D eigenvalue weighted by atomic mass is 35.5. The Morgan fingerprint density at radius 2 is 2.11 bits per heavy atom. The van der Waals surface area contributed by atoms with Crippen molar-refractivity contribution in [2.24, 2.45) is 5.92 Å². The fraction of sp³-hybridized carbons (Fsp3) is 0.462. The van der Waals surface area contributed by atoms with Gasteiger partial charge in [-0.1, -0.05) is 18.2 Å². The first-order valence-electron chi connectivity index (χ1n) is 5.86. The number of para-hydroxylation sites is 1. The van der Waals surface area contributed by atoms with Crippen LogP contribution in [0.5, 0.6) is 5.75 Å². The van der Waals surface area contributed by atoms with E-state index in [9.17, 15) is 4.79 Å². The van der Waals surface area contributed by atoms with E-state index in [-0.39, 0.29) is 30.3 Å². The first-order valence-corrected chi connectivity index (χ1v) is 5.86. The molecule has 0 spiro atoms. The summed E-state index contributed by atoms with van der Waals surface area (Å²) < 4.78 is 5.29. The molecule has 2 rings (SSSR count). The standard InChI is InChI=1S/C13H18N2O2.ClH/c1-9(15-13(16)10-7-14-8-10)11-5-3-4-6-12(11)17-2;/h3-6,9-10,14H,7-8H2,1-2H3,(H,15,16);1H. The number of carbonyl (C=O) groups excluding carboxylic acids is 1. The van der Waals surface area contributed by atoms with Crippen LogP contribution in [-0.4, -0.2) is 26.1 Å². The summed E-state index contributed by atoms with van der Waals surface area (Å²) in [4.78, 5) is 11.8. The lowest BCUT2D eigenvalue weighted by atomic mass is 10.0. The van der Waals surface area contributed by atoms with Gasteiger partial charge in [0.1, 0.15) is 5.75 Å². The number of nitrogens with one attached hydrogen (secondary N) is 2. The van der Waals surface area contributed by atoms with Gasteiger partial charge in [0.15, 0.2) is 0 Å². The van der Waals surface area contributed by atoms with Crippen molar-refractivity contribution in [3.63, 3.8) is 0 Å². The zero-order valence-electron chi connectivity index (χ0n) is 10.6. The Labute approximate surface area is 114 Å². The molecule has 5 heteroatoms. The zero-order valence-corrected chi connectivity index (χ0v) is 11.4. The van der Waals surface area contributed by atoms with Crippen LogP contribution in [0.2, 0.25) is 0 Å². The van der Waals surface area contributed by atoms with Gasteiger partial charge in [0.2, 0.25) is 5.91 Å². The van der Waals surface area contributed by atoms with E-state index in [0.717, 1.165) is 24.4 Å². The lowest BCUT2D eigenvalue weighted by Gasteiger charge is -2.28. The maximum Gasteiger partial charge on any atom is 0.226 e. The second-order valence-electron chi connectivity index (χ2n) is 4.33. The first-order chi connectivity index (χ1) is 8.22. The van der Waals surface area contributed by atoms with Crippen LogP contribution in [-0.2, 0) is 4.79 Å². The van der Waals surface area contributed by atoms with Gasteiger partial charge in [-0.3, -0.25) is 4.79 Å². The van der Waals surface area contributed by atoms with Gasteiger partial charge in [-0.15, -0.1) is 12.4 Å². The molecule has 4 nitrogen and oxygen atoms in total. The number of hydrogen-bond acceptors (Lipinski definition) is 3. The number of methoxy groups -OCH3 is 1. The third-order valence-electron chi connectivity index (χ3n) is 3.12. The molecule has 1 aromatic carbocycles. The summed E-state index contributed by atoms with van der Waals surface area (Å²) in [5.74, 6) is 1.04. The number of ether oxygens (including phenoxy) is 1. The van der Waals surface area contributed by atoms with Crippen LogP contribution in [0.1, 0.15) is 18.5 Å². The number of carbonyl (C=O) groups is 1. The average Bonchev–Trinajstić information content (AvgIpc) is 2.26. The van der Waals surface area contributed by atoms with E-state index in [1.807, 2.05) is 31.2 Å². The SMILES string of the molecule is COc1ccccc1C(C)NC(=O)C1CNC1.Cl. The number of amides is 1. The van der Waals surface area contributed by atoms with E-state index in [2.05, 4.69) is 10.6 Å². The minimum Gasteiger partial charge on any atom is -0.496 e. The van der Waals surface area contributed by atoms with Gasteiger partial charge in [0.25, 0.3) is 0 Å². The maximum atomic E-state index is 11.8. The molecular formula is C13H19ClN2O2. The van der Waals surface area contributed by atoms with Gasteiger partial charge in [0.05, 0.1) is 19.1 Å². The molecule has 0 radical (unpaired) electrons. The quantitative estimate of drug-likeness (QED) is 0.872. The van der Waals surface area contributed by atoms with Crippen LogP contribution in [0, 0.1) is 5.92 Å². The molecule has 2 N–H and O–H groups in total. The molecular weight excluding hydrogens is 252 g/mol. The Bertz CT molecular complexity index is 408.